The number of amides is 2. The van der Waals surface area contributed by atoms with Crippen LogP contribution < -0.4 is 10.6 Å². The Morgan fingerprint density at radius 3 is 1.13 bits per heavy atom. The van der Waals surface area contributed by atoms with E-state index in [4.69, 9.17) is 37.5 Å². The van der Waals surface area contributed by atoms with Crippen LogP contribution in [0.3, 0.4) is 0 Å². The van der Waals surface area contributed by atoms with Crippen LogP contribution in [0.25, 0.3) is 0 Å². The van der Waals surface area contributed by atoms with E-state index >= 15 is 0 Å². The van der Waals surface area contributed by atoms with Crippen LogP contribution >= 0.6 is 15.6 Å². The lowest BCUT2D eigenvalue weighted by Gasteiger charge is -2.47. The minimum Gasteiger partial charge on any atom is -0.462 e. The molecule has 2 rings (SSSR count). The fourth-order valence-corrected chi connectivity index (χ4v) is 15.7. The summed E-state index contributed by atoms with van der Waals surface area (Å²) in [7, 11) is -11.2. The lowest BCUT2D eigenvalue weighted by Crippen LogP contribution is -2.68. The summed E-state index contributed by atoms with van der Waals surface area (Å²) < 4.78 is 72.9. The number of rotatable bonds is 73. The van der Waals surface area contributed by atoms with Gasteiger partial charge in [0.05, 0.1) is 44.7 Å². The third-order valence-corrected chi connectivity index (χ3v) is 22.0. The van der Waals surface area contributed by atoms with Crippen LogP contribution in [0.5, 0.6) is 0 Å². The van der Waals surface area contributed by atoms with Crippen LogP contribution in [0.2, 0.25) is 0 Å². The molecule has 0 aromatic carbocycles. The summed E-state index contributed by atoms with van der Waals surface area (Å²) in [4.78, 5) is 112. The van der Waals surface area contributed by atoms with Gasteiger partial charge in [-0.15, -0.1) is 0 Å². The van der Waals surface area contributed by atoms with Crippen LogP contribution in [0.4, 0.5) is 0 Å². The molecule has 0 bridgehead atoms. The first-order valence-electron chi connectivity index (χ1n) is 43.7. The van der Waals surface area contributed by atoms with E-state index < -0.39 is 157 Å². The standard InChI is InChI=1S/C82H156N2O23P2/c1-6-11-16-21-26-31-33-38-43-48-53-58-70(88)83-76-80(105-74(92)62-67(57-52-47-42-37-30-25-20-15-10-5)101-72(90)59-54-49-44-39-34-32-27-22-17-12-7-2)78(106-108(94,95)96)68(63-85)102-81(76)100-64-69-77(93)79(104-73(91)61-66(87)56-51-46-41-36-29-24-19-14-9-4)75(82(103-69)107-109(97,98)99)84-71(89)60-65(86)55-50-45-40-35-28-23-18-13-8-3/h65-69,75-82,85-87,93H,6-64H2,1-5H3,(H,83,88)(H,84,89)(H2,94,95,96)(H2,97,98,99)/t65-,66-,67-,68?,69?,75?,76?,77-,78-,79?,80?,81-,82-/m1/s1. The highest BCUT2D eigenvalue weighted by Gasteiger charge is 2.55. The highest BCUT2D eigenvalue weighted by molar-refractivity contribution is 7.46. The molecule has 2 amide bonds. The van der Waals surface area contributed by atoms with Gasteiger partial charge < -0.3 is 79.1 Å². The summed E-state index contributed by atoms with van der Waals surface area (Å²) in [5.41, 5.74) is 0. The summed E-state index contributed by atoms with van der Waals surface area (Å²) >= 11 is 0. The maximum absolute atomic E-state index is 14.7. The Morgan fingerprint density at radius 1 is 0.376 bits per heavy atom. The number of ether oxygens (including phenoxy) is 6. The van der Waals surface area contributed by atoms with Crippen molar-refractivity contribution in [2.45, 2.75) is 480 Å². The number of esters is 3. The molecular formula is C82H156N2O23P2. The molecule has 2 fully saturated rings. The Hall–Kier alpha value is -2.71. The van der Waals surface area contributed by atoms with Gasteiger partial charge in [-0.25, -0.2) is 9.13 Å². The normalized spacial score (nSPS) is 21.2. The number of unbranched alkanes of at least 4 members (excludes halogenated alkanes) is 44. The Balaban J connectivity index is 2.64. The zero-order valence-corrected chi connectivity index (χ0v) is 70.1. The third kappa shape index (κ3) is 53.2. The van der Waals surface area contributed by atoms with Crippen LogP contribution in [0.15, 0.2) is 0 Å². The molecule has 0 aromatic heterocycles. The van der Waals surface area contributed by atoms with Gasteiger partial charge in [-0.1, -0.05) is 330 Å². The highest BCUT2D eigenvalue weighted by Crippen LogP contribution is 2.44. The minimum absolute atomic E-state index is 0.0968. The molecule has 2 aliphatic rings. The number of hydrogen-bond donors (Lipinski definition) is 10. The number of aliphatic hydroxyl groups is 4. The smallest absolute Gasteiger partial charge is 0.462 e. The summed E-state index contributed by atoms with van der Waals surface area (Å²) in [5, 5.41) is 50.9. The van der Waals surface area contributed by atoms with Crippen LogP contribution in [0, 0.1) is 0 Å². The maximum Gasteiger partial charge on any atom is 0.472 e. The molecule has 0 aromatic rings. The number of phosphoric ester groups is 2. The monoisotopic (exact) mass is 1600 g/mol. The second-order valence-electron chi connectivity index (χ2n) is 31.3. The van der Waals surface area contributed by atoms with Crippen LogP contribution in [-0.4, -0.2) is 163 Å². The van der Waals surface area contributed by atoms with Gasteiger partial charge >= 0.3 is 33.6 Å². The van der Waals surface area contributed by atoms with Gasteiger partial charge in [0, 0.05) is 12.8 Å². The molecule has 2 heterocycles. The molecule has 25 nitrogen and oxygen atoms in total. The largest absolute Gasteiger partial charge is 0.472 e. The first kappa shape index (κ1) is 102. The fraction of sp³-hybridized carbons (Fsp3) is 0.939. The van der Waals surface area contributed by atoms with Gasteiger partial charge in [0.2, 0.25) is 11.8 Å². The Bertz CT molecular complexity index is 2370. The number of nitrogens with one attached hydrogen (secondary N) is 2. The van der Waals surface area contributed by atoms with E-state index in [0.717, 1.165) is 186 Å². The van der Waals surface area contributed by atoms with Gasteiger partial charge in [0.25, 0.3) is 0 Å². The fourth-order valence-electron chi connectivity index (χ4n) is 14.6. The van der Waals surface area contributed by atoms with Crippen molar-refractivity contribution < 1.29 is 111 Å². The molecule has 0 aliphatic carbocycles. The van der Waals surface area contributed by atoms with E-state index in [-0.39, 0.29) is 32.1 Å². The topological polar surface area (TPSA) is 379 Å². The molecule has 13 atom stereocenters. The molecule has 642 valence electrons. The summed E-state index contributed by atoms with van der Waals surface area (Å²) in [6.07, 6.45) is 29.8. The Morgan fingerprint density at radius 2 is 0.716 bits per heavy atom. The minimum atomic E-state index is -5.62. The van der Waals surface area contributed by atoms with Crippen molar-refractivity contribution in [3.05, 3.63) is 0 Å². The van der Waals surface area contributed by atoms with Crippen molar-refractivity contribution in [2.24, 2.45) is 0 Å². The predicted octanol–water partition coefficient (Wildman–Crippen LogP) is 17.2. The first-order valence-corrected chi connectivity index (χ1v) is 46.8. The van der Waals surface area contributed by atoms with Crippen LogP contribution in [-0.2, 0) is 70.6 Å². The van der Waals surface area contributed by atoms with Crippen LogP contribution in [0.1, 0.15) is 401 Å². The zero-order chi connectivity index (χ0) is 80.2. The predicted molar refractivity (Wildman–Crippen MR) is 423 cm³/mol. The third-order valence-electron chi connectivity index (χ3n) is 21.0. The van der Waals surface area contributed by atoms with Crippen molar-refractivity contribution >= 4 is 45.4 Å². The highest BCUT2D eigenvalue weighted by atomic mass is 31.2. The Kier molecular flexibility index (Phi) is 61.5. The van der Waals surface area contributed by atoms with Gasteiger partial charge in [0.1, 0.15) is 42.6 Å². The maximum atomic E-state index is 14.7. The average Bonchev–Trinajstić information content (AvgIpc) is 0.783. The summed E-state index contributed by atoms with van der Waals surface area (Å²) in [5.74, 6) is -4.16. The van der Waals surface area contributed by atoms with Crippen molar-refractivity contribution in [1.29, 1.82) is 0 Å². The first-order chi connectivity index (χ1) is 52.5. The van der Waals surface area contributed by atoms with Gasteiger partial charge in [-0.3, -0.25) is 33.0 Å². The van der Waals surface area contributed by atoms with E-state index in [1.807, 2.05) is 0 Å². The van der Waals surface area contributed by atoms with Crippen molar-refractivity contribution in [3.8, 4) is 0 Å². The number of aliphatic hydroxyl groups excluding tert-OH is 4. The average molecular weight is 1600 g/mol. The van der Waals surface area contributed by atoms with Gasteiger partial charge in [0.15, 0.2) is 24.8 Å². The second kappa shape index (κ2) is 65.4. The van der Waals surface area contributed by atoms with Crippen molar-refractivity contribution in [3.63, 3.8) is 0 Å². The van der Waals surface area contributed by atoms with Gasteiger partial charge in [-0.05, 0) is 38.5 Å². The number of phosphoric acid groups is 2. The van der Waals surface area contributed by atoms with Crippen molar-refractivity contribution in [2.75, 3.05) is 13.2 Å². The zero-order valence-electron chi connectivity index (χ0n) is 68.3. The Labute approximate surface area is 657 Å². The molecule has 0 saturated carbocycles. The molecular weight excluding hydrogens is 1440 g/mol. The van der Waals surface area contributed by atoms with E-state index in [1.54, 1.807) is 0 Å². The summed E-state index contributed by atoms with van der Waals surface area (Å²) in [6.45, 7) is 8.87. The molecule has 6 unspecified atom stereocenters. The quantitative estimate of drug-likeness (QED) is 0.0117. The summed E-state index contributed by atoms with van der Waals surface area (Å²) in [6, 6.07) is -3.65. The number of carbonyl (C=O) groups is 5. The van der Waals surface area contributed by atoms with E-state index in [0.29, 0.717) is 38.5 Å². The molecule has 10 N–H and O–H groups in total. The molecule has 0 spiro atoms. The number of carbonyl (C=O) groups excluding carboxylic acids is 5. The second-order valence-corrected chi connectivity index (χ2v) is 33.7. The molecule has 2 aliphatic heterocycles. The molecule has 27 heteroatoms. The lowest BCUT2D eigenvalue weighted by atomic mass is 9.95. The molecule has 0 radical (unpaired) electrons. The van der Waals surface area contributed by atoms with Crippen molar-refractivity contribution in [1.82, 2.24) is 10.6 Å². The van der Waals surface area contributed by atoms with Gasteiger partial charge in [-0.2, -0.15) is 0 Å². The molecule has 2 saturated heterocycles. The molecule has 109 heavy (non-hydrogen) atoms. The van der Waals surface area contributed by atoms with E-state index in [2.05, 4.69) is 45.3 Å². The van der Waals surface area contributed by atoms with E-state index in [9.17, 15) is 73.1 Å². The lowest BCUT2D eigenvalue weighted by molar-refractivity contribution is -0.296. The SMILES string of the molecule is CCCCCCCCCCCCCC(=O)NC1C(OC(=O)C[C@@H](CCCCCCCCCCC)OC(=O)CCCCCCCCCCCCC)[C@H](OP(=O)(O)O)C(CO)O[C@H]1OCC1O[C@H](OP(=O)(O)O)C(NC(=O)C[C@H](O)CCCCCCCCCCC)C(OC(=O)C[C@H](O)CCCCCCCCCCC)[C@@H]1O. The number of hydrogen-bond acceptors (Lipinski definition) is 19. The van der Waals surface area contributed by atoms with E-state index in [1.165, 1.54) is 89.9 Å².